The van der Waals surface area contributed by atoms with Gasteiger partial charge in [-0.2, -0.15) is 0 Å². The van der Waals surface area contributed by atoms with Crippen LogP contribution < -0.4 is 0 Å². The lowest BCUT2D eigenvalue weighted by Crippen LogP contribution is -1.90. The van der Waals surface area contributed by atoms with E-state index in [2.05, 4.69) is 9.97 Å². The van der Waals surface area contributed by atoms with E-state index in [1.54, 1.807) is 24.2 Å². The zero-order valence-corrected chi connectivity index (χ0v) is 9.04. The van der Waals surface area contributed by atoms with Gasteiger partial charge >= 0.3 is 0 Å². The highest BCUT2D eigenvalue weighted by Crippen LogP contribution is 2.19. The maximum atomic E-state index is 12.8. The molecule has 0 spiro atoms. The van der Waals surface area contributed by atoms with Crippen molar-refractivity contribution in [3.8, 4) is 0 Å². The molecule has 2 aromatic rings. The van der Waals surface area contributed by atoms with Crippen LogP contribution in [0.1, 0.15) is 5.56 Å². The van der Waals surface area contributed by atoms with Crippen molar-refractivity contribution >= 4 is 11.8 Å². The summed E-state index contributed by atoms with van der Waals surface area (Å²) >= 11 is 1.56. The van der Waals surface area contributed by atoms with Gasteiger partial charge in [0.05, 0.1) is 6.20 Å². The van der Waals surface area contributed by atoms with Crippen LogP contribution >= 0.6 is 11.8 Å². The first-order chi connectivity index (χ1) is 7.25. The molecule has 0 saturated carbocycles. The van der Waals surface area contributed by atoms with E-state index in [1.807, 2.05) is 17.8 Å². The summed E-state index contributed by atoms with van der Waals surface area (Å²) in [6.07, 6.45) is 6.49. The van der Waals surface area contributed by atoms with Crippen LogP contribution in [0.3, 0.4) is 0 Å². The number of rotatable bonds is 3. The largest absolute Gasteiger partial charge is 0.329 e. The minimum absolute atomic E-state index is 0.298. The van der Waals surface area contributed by atoms with Crippen molar-refractivity contribution in [3.05, 3.63) is 42.2 Å². The SMILES string of the molecule is Cn1ccnc1SCc1cncc(F)c1. The van der Waals surface area contributed by atoms with E-state index in [0.717, 1.165) is 10.7 Å². The number of hydrogen-bond donors (Lipinski definition) is 0. The third kappa shape index (κ3) is 2.56. The molecular weight excluding hydrogens is 213 g/mol. The van der Waals surface area contributed by atoms with Gasteiger partial charge in [-0.1, -0.05) is 11.8 Å². The second-order valence-electron chi connectivity index (χ2n) is 3.12. The van der Waals surface area contributed by atoms with Gasteiger partial charge in [-0.25, -0.2) is 9.37 Å². The Morgan fingerprint density at radius 3 is 3.00 bits per heavy atom. The van der Waals surface area contributed by atoms with Crippen LogP contribution in [-0.4, -0.2) is 14.5 Å². The Hall–Kier alpha value is -1.36. The number of nitrogens with zero attached hydrogens (tertiary/aromatic N) is 3. The summed E-state index contributed by atoms with van der Waals surface area (Å²) < 4.78 is 14.7. The first-order valence-electron chi connectivity index (χ1n) is 4.45. The van der Waals surface area contributed by atoms with Crippen molar-refractivity contribution < 1.29 is 4.39 Å². The lowest BCUT2D eigenvalue weighted by molar-refractivity contribution is 0.619. The molecule has 3 nitrogen and oxygen atoms in total. The summed E-state index contributed by atoms with van der Waals surface area (Å²) in [4.78, 5) is 7.96. The normalized spacial score (nSPS) is 10.5. The summed E-state index contributed by atoms with van der Waals surface area (Å²) in [6.45, 7) is 0. The molecule has 2 aromatic heterocycles. The molecule has 0 fully saturated rings. The van der Waals surface area contributed by atoms with Crippen LogP contribution in [0.5, 0.6) is 0 Å². The van der Waals surface area contributed by atoms with Crippen LogP contribution in [0.15, 0.2) is 36.0 Å². The van der Waals surface area contributed by atoms with E-state index in [4.69, 9.17) is 0 Å². The second-order valence-corrected chi connectivity index (χ2v) is 4.06. The molecule has 2 heterocycles. The predicted octanol–water partition coefficient (Wildman–Crippen LogP) is 2.25. The number of thioether (sulfide) groups is 1. The zero-order valence-electron chi connectivity index (χ0n) is 8.22. The number of halogens is 1. The molecule has 0 unspecified atom stereocenters. The third-order valence-corrected chi connectivity index (χ3v) is 3.04. The molecule has 0 atom stereocenters. The van der Waals surface area contributed by atoms with E-state index in [1.165, 1.54) is 12.3 Å². The van der Waals surface area contributed by atoms with Gasteiger partial charge in [0.15, 0.2) is 5.16 Å². The van der Waals surface area contributed by atoms with Gasteiger partial charge < -0.3 is 4.57 Å². The summed E-state index contributed by atoms with van der Waals surface area (Å²) in [5, 5.41) is 0.916. The highest BCUT2D eigenvalue weighted by atomic mass is 32.2. The lowest BCUT2D eigenvalue weighted by Gasteiger charge is -2.01. The van der Waals surface area contributed by atoms with Crippen LogP contribution in [-0.2, 0) is 12.8 Å². The van der Waals surface area contributed by atoms with Crippen molar-refractivity contribution in [2.45, 2.75) is 10.9 Å². The number of aromatic nitrogens is 3. The van der Waals surface area contributed by atoms with Crippen molar-refractivity contribution in [1.82, 2.24) is 14.5 Å². The quantitative estimate of drug-likeness (QED) is 0.748. The Balaban J connectivity index is 2.02. The molecule has 0 aromatic carbocycles. The molecule has 0 aliphatic carbocycles. The molecule has 0 N–H and O–H groups in total. The van der Waals surface area contributed by atoms with Crippen LogP contribution in [0.25, 0.3) is 0 Å². The Bertz CT molecular complexity index is 455. The first kappa shape index (κ1) is 10.2. The molecule has 0 bridgehead atoms. The van der Waals surface area contributed by atoms with Gasteiger partial charge in [0, 0.05) is 31.4 Å². The molecule has 5 heteroatoms. The molecule has 0 aliphatic rings. The van der Waals surface area contributed by atoms with Gasteiger partial charge in [0.25, 0.3) is 0 Å². The van der Waals surface area contributed by atoms with E-state index in [-0.39, 0.29) is 5.82 Å². The number of imidazole rings is 1. The summed E-state index contributed by atoms with van der Waals surface area (Å²) in [5.74, 6) is 0.378. The molecule has 0 radical (unpaired) electrons. The molecular formula is C10H10FN3S. The molecule has 0 saturated heterocycles. The van der Waals surface area contributed by atoms with Gasteiger partial charge in [0.2, 0.25) is 0 Å². The minimum atomic E-state index is -0.298. The maximum Gasteiger partial charge on any atom is 0.167 e. The topological polar surface area (TPSA) is 30.7 Å². The number of hydrogen-bond acceptors (Lipinski definition) is 3. The van der Waals surface area contributed by atoms with Crippen molar-refractivity contribution in [2.75, 3.05) is 0 Å². The highest BCUT2D eigenvalue weighted by molar-refractivity contribution is 7.98. The van der Waals surface area contributed by atoms with Gasteiger partial charge in [0.1, 0.15) is 5.82 Å². The minimum Gasteiger partial charge on any atom is -0.329 e. The zero-order chi connectivity index (χ0) is 10.7. The van der Waals surface area contributed by atoms with Crippen LogP contribution in [0.4, 0.5) is 4.39 Å². The number of aryl methyl sites for hydroxylation is 1. The predicted molar refractivity (Wildman–Crippen MR) is 57.0 cm³/mol. The summed E-state index contributed by atoms with van der Waals surface area (Å²) in [6, 6.07) is 1.49. The Labute approximate surface area is 91.4 Å². The van der Waals surface area contributed by atoms with E-state index in [9.17, 15) is 4.39 Å². The fourth-order valence-corrected chi connectivity index (χ4v) is 2.03. The molecule has 2 rings (SSSR count). The Morgan fingerprint density at radius 2 is 2.33 bits per heavy atom. The van der Waals surface area contributed by atoms with Crippen LogP contribution in [0, 0.1) is 5.82 Å². The van der Waals surface area contributed by atoms with Crippen molar-refractivity contribution in [1.29, 1.82) is 0 Å². The first-order valence-corrected chi connectivity index (χ1v) is 5.44. The Morgan fingerprint density at radius 1 is 1.47 bits per heavy atom. The highest BCUT2D eigenvalue weighted by Gasteiger charge is 2.01. The van der Waals surface area contributed by atoms with Crippen LogP contribution in [0.2, 0.25) is 0 Å². The van der Waals surface area contributed by atoms with Gasteiger partial charge in [-0.05, 0) is 11.6 Å². The summed E-state index contributed by atoms with van der Waals surface area (Å²) in [7, 11) is 1.93. The van der Waals surface area contributed by atoms with Gasteiger partial charge in [-0.15, -0.1) is 0 Å². The lowest BCUT2D eigenvalue weighted by atomic mass is 10.3. The average molecular weight is 223 g/mol. The smallest absolute Gasteiger partial charge is 0.167 e. The fourth-order valence-electron chi connectivity index (χ4n) is 1.17. The van der Waals surface area contributed by atoms with E-state index in [0.29, 0.717) is 5.75 Å². The van der Waals surface area contributed by atoms with E-state index < -0.39 is 0 Å². The molecule has 0 aliphatic heterocycles. The molecule has 15 heavy (non-hydrogen) atoms. The molecule has 78 valence electrons. The average Bonchev–Trinajstić information content (AvgIpc) is 2.61. The van der Waals surface area contributed by atoms with Crippen molar-refractivity contribution in [3.63, 3.8) is 0 Å². The Kier molecular flexibility index (Phi) is 3.01. The third-order valence-electron chi connectivity index (χ3n) is 1.91. The van der Waals surface area contributed by atoms with E-state index >= 15 is 0 Å². The second kappa shape index (κ2) is 4.44. The van der Waals surface area contributed by atoms with Gasteiger partial charge in [-0.3, -0.25) is 4.98 Å². The molecule has 0 amide bonds. The van der Waals surface area contributed by atoms with Crippen molar-refractivity contribution in [2.24, 2.45) is 7.05 Å². The number of pyridine rings is 1. The maximum absolute atomic E-state index is 12.8. The standard InChI is InChI=1S/C10H10FN3S/c1-14-3-2-13-10(14)15-7-8-4-9(11)6-12-5-8/h2-6H,7H2,1H3. The summed E-state index contributed by atoms with van der Waals surface area (Å²) in [5.41, 5.74) is 0.864. The fraction of sp³-hybridized carbons (Fsp3) is 0.200. The monoisotopic (exact) mass is 223 g/mol.